The van der Waals surface area contributed by atoms with Crippen molar-refractivity contribution in [3.8, 4) is 11.1 Å². The molecule has 0 aliphatic carbocycles. The van der Waals surface area contributed by atoms with Gasteiger partial charge in [-0.3, -0.25) is 10.1 Å². The molecule has 1 N–H and O–H groups in total. The van der Waals surface area contributed by atoms with E-state index < -0.39 is 10.9 Å². The van der Waals surface area contributed by atoms with Crippen molar-refractivity contribution in [1.82, 2.24) is 4.98 Å². The zero-order chi connectivity index (χ0) is 16.4. The average molecular weight is 310 g/mol. The highest BCUT2D eigenvalue weighted by molar-refractivity contribution is 6.10. The van der Waals surface area contributed by atoms with Crippen LogP contribution in [0.5, 0.6) is 0 Å². The summed E-state index contributed by atoms with van der Waals surface area (Å²) in [5.41, 5.74) is 1.88. The lowest BCUT2D eigenvalue weighted by molar-refractivity contribution is -0.383. The molecule has 0 fully saturated rings. The molecule has 0 aliphatic heterocycles. The van der Waals surface area contributed by atoms with E-state index >= 15 is 0 Å². The average Bonchev–Trinajstić information content (AvgIpc) is 2.95. The van der Waals surface area contributed by atoms with E-state index in [9.17, 15) is 14.9 Å². The molecule has 6 heteroatoms. The molecule has 23 heavy (non-hydrogen) atoms. The number of carbonyl (C=O) groups excluding carboxylic acids is 1. The summed E-state index contributed by atoms with van der Waals surface area (Å²) in [5, 5.41) is 11.9. The van der Waals surface area contributed by atoms with E-state index in [0.29, 0.717) is 16.5 Å². The number of benzene rings is 2. The quantitative estimate of drug-likeness (QED) is 0.449. The van der Waals surface area contributed by atoms with Crippen LogP contribution in [-0.4, -0.2) is 22.5 Å². The van der Waals surface area contributed by atoms with E-state index in [1.165, 1.54) is 6.07 Å². The summed E-state index contributed by atoms with van der Waals surface area (Å²) >= 11 is 0. The number of hydrogen-bond acceptors (Lipinski definition) is 4. The fourth-order valence-electron chi connectivity index (χ4n) is 2.62. The van der Waals surface area contributed by atoms with Gasteiger partial charge in [0.15, 0.2) is 0 Å². The standard InChI is InChI=1S/C17H14N2O4/c1-2-23-17(20)16-14(11-7-4-3-5-8-11)12-9-6-10-13(19(21)22)15(12)18-16/h3-10,18H,2H2,1H3. The largest absolute Gasteiger partial charge is 0.461 e. The van der Waals surface area contributed by atoms with E-state index in [4.69, 9.17) is 4.74 Å². The molecule has 1 heterocycles. The molecule has 0 amide bonds. The van der Waals surface area contributed by atoms with Crippen molar-refractivity contribution in [2.24, 2.45) is 0 Å². The van der Waals surface area contributed by atoms with E-state index in [0.717, 1.165) is 5.56 Å². The van der Waals surface area contributed by atoms with Gasteiger partial charge >= 0.3 is 5.97 Å². The number of nitrogens with zero attached hydrogens (tertiary/aromatic N) is 1. The number of nitrogens with one attached hydrogen (secondary N) is 1. The third kappa shape index (κ3) is 2.55. The smallest absolute Gasteiger partial charge is 0.355 e. The number of aromatic nitrogens is 1. The van der Waals surface area contributed by atoms with Crippen molar-refractivity contribution in [1.29, 1.82) is 0 Å². The Morgan fingerprint density at radius 3 is 2.57 bits per heavy atom. The van der Waals surface area contributed by atoms with Crippen LogP contribution in [0.25, 0.3) is 22.0 Å². The van der Waals surface area contributed by atoms with Gasteiger partial charge < -0.3 is 9.72 Å². The van der Waals surface area contributed by atoms with Gasteiger partial charge in [-0.1, -0.05) is 42.5 Å². The predicted molar refractivity (Wildman–Crippen MR) is 86.3 cm³/mol. The Balaban J connectivity index is 2.34. The zero-order valence-electron chi connectivity index (χ0n) is 12.4. The van der Waals surface area contributed by atoms with Crippen molar-refractivity contribution in [2.45, 2.75) is 6.92 Å². The summed E-state index contributed by atoms with van der Waals surface area (Å²) in [6.45, 7) is 1.94. The van der Waals surface area contributed by atoms with Crippen molar-refractivity contribution >= 4 is 22.6 Å². The third-order valence-electron chi connectivity index (χ3n) is 3.55. The molecule has 0 aliphatic rings. The fourth-order valence-corrected chi connectivity index (χ4v) is 2.62. The first-order valence-corrected chi connectivity index (χ1v) is 7.15. The molecule has 3 aromatic rings. The third-order valence-corrected chi connectivity index (χ3v) is 3.55. The van der Waals surface area contributed by atoms with E-state index in [1.807, 2.05) is 30.3 Å². The molecule has 2 aromatic carbocycles. The molecule has 116 valence electrons. The Morgan fingerprint density at radius 2 is 1.91 bits per heavy atom. The van der Waals surface area contributed by atoms with Gasteiger partial charge in [-0.15, -0.1) is 0 Å². The van der Waals surface area contributed by atoms with Crippen LogP contribution in [0.1, 0.15) is 17.4 Å². The van der Waals surface area contributed by atoms with Gasteiger partial charge in [-0.25, -0.2) is 4.79 Å². The number of aromatic amines is 1. The minimum atomic E-state index is -0.531. The summed E-state index contributed by atoms with van der Waals surface area (Å²) in [5.74, 6) is -0.531. The van der Waals surface area contributed by atoms with Gasteiger partial charge in [0.25, 0.3) is 5.69 Å². The van der Waals surface area contributed by atoms with Crippen LogP contribution >= 0.6 is 0 Å². The number of carbonyl (C=O) groups is 1. The van der Waals surface area contributed by atoms with Crippen LogP contribution in [0, 0.1) is 10.1 Å². The van der Waals surface area contributed by atoms with Gasteiger partial charge in [0, 0.05) is 17.0 Å². The number of rotatable bonds is 4. The highest BCUT2D eigenvalue weighted by atomic mass is 16.6. The second-order valence-corrected chi connectivity index (χ2v) is 4.92. The van der Waals surface area contributed by atoms with Crippen LogP contribution in [0.15, 0.2) is 48.5 Å². The first-order valence-electron chi connectivity index (χ1n) is 7.15. The highest BCUT2D eigenvalue weighted by Gasteiger charge is 2.24. The molecule has 0 unspecified atom stereocenters. The van der Waals surface area contributed by atoms with Gasteiger partial charge in [0.05, 0.1) is 11.5 Å². The molecule has 0 bridgehead atoms. The lowest BCUT2D eigenvalue weighted by Crippen LogP contribution is -2.06. The fraction of sp³-hybridized carbons (Fsp3) is 0.118. The second kappa shape index (κ2) is 5.92. The van der Waals surface area contributed by atoms with Gasteiger partial charge in [0.1, 0.15) is 11.2 Å². The summed E-state index contributed by atoms with van der Waals surface area (Å²) in [6.07, 6.45) is 0. The normalized spacial score (nSPS) is 10.7. The van der Waals surface area contributed by atoms with Crippen LogP contribution < -0.4 is 0 Å². The highest BCUT2D eigenvalue weighted by Crippen LogP contribution is 2.36. The zero-order valence-corrected chi connectivity index (χ0v) is 12.4. The number of nitro groups is 1. The Labute approximate surface area is 131 Å². The molecule has 1 aromatic heterocycles. The lowest BCUT2D eigenvalue weighted by Gasteiger charge is -2.04. The lowest BCUT2D eigenvalue weighted by atomic mass is 10.0. The van der Waals surface area contributed by atoms with Crippen molar-refractivity contribution in [3.63, 3.8) is 0 Å². The minimum absolute atomic E-state index is 0.0739. The number of fused-ring (bicyclic) bond motifs is 1. The Kier molecular flexibility index (Phi) is 3.80. The SMILES string of the molecule is CCOC(=O)c1[nH]c2c([N+](=O)[O-])cccc2c1-c1ccccc1. The second-order valence-electron chi connectivity index (χ2n) is 4.92. The molecule has 0 saturated heterocycles. The number of para-hydroxylation sites is 1. The van der Waals surface area contributed by atoms with E-state index in [1.54, 1.807) is 19.1 Å². The Morgan fingerprint density at radius 1 is 1.17 bits per heavy atom. The molecular formula is C17H14N2O4. The first-order chi connectivity index (χ1) is 11.1. The molecule has 0 saturated carbocycles. The maximum Gasteiger partial charge on any atom is 0.355 e. The summed E-state index contributed by atoms with van der Waals surface area (Å²) < 4.78 is 5.08. The first kappa shape index (κ1) is 14.8. The molecule has 0 radical (unpaired) electrons. The van der Waals surface area contributed by atoms with E-state index in [-0.39, 0.29) is 18.0 Å². The summed E-state index contributed by atoms with van der Waals surface area (Å²) in [6, 6.07) is 14.0. The number of non-ortho nitro benzene ring substituents is 1. The van der Waals surface area contributed by atoms with Gasteiger partial charge in [-0.2, -0.15) is 0 Å². The van der Waals surface area contributed by atoms with Crippen LogP contribution in [0.3, 0.4) is 0 Å². The molecular weight excluding hydrogens is 296 g/mol. The van der Waals surface area contributed by atoms with Gasteiger partial charge in [-0.05, 0) is 12.5 Å². The Hall–Kier alpha value is -3.15. The maximum atomic E-state index is 12.3. The maximum absolute atomic E-state index is 12.3. The van der Waals surface area contributed by atoms with Crippen LogP contribution in [-0.2, 0) is 4.74 Å². The number of ether oxygens (including phenoxy) is 1. The monoisotopic (exact) mass is 310 g/mol. The number of esters is 1. The summed E-state index contributed by atoms with van der Waals surface area (Å²) in [4.78, 5) is 25.9. The van der Waals surface area contributed by atoms with Crippen molar-refractivity contribution in [2.75, 3.05) is 6.61 Å². The number of H-pyrrole nitrogens is 1. The number of nitro benzene ring substituents is 1. The molecule has 3 rings (SSSR count). The van der Waals surface area contributed by atoms with Gasteiger partial charge in [0.2, 0.25) is 0 Å². The van der Waals surface area contributed by atoms with Crippen LogP contribution in [0.4, 0.5) is 5.69 Å². The van der Waals surface area contributed by atoms with Crippen molar-refractivity contribution in [3.05, 3.63) is 64.3 Å². The minimum Gasteiger partial charge on any atom is -0.461 e. The Bertz CT molecular complexity index is 884. The topological polar surface area (TPSA) is 85.2 Å². The summed E-state index contributed by atoms with van der Waals surface area (Å²) in [7, 11) is 0. The van der Waals surface area contributed by atoms with Crippen molar-refractivity contribution < 1.29 is 14.5 Å². The molecule has 6 nitrogen and oxygen atoms in total. The predicted octanol–water partition coefficient (Wildman–Crippen LogP) is 3.92. The molecule has 0 spiro atoms. The molecule has 0 atom stereocenters. The van der Waals surface area contributed by atoms with E-state index in [2.05, 4.69) is 4.98 Å². The van der Waals surface area contributed by atoms with Crippen LogP contribution in [0.2, 0.25) is 0 Å². The number of hydrogen-bond donors (Lipinski definition) is 1.